The summed E-state index contributed by atoms with van der Waals surface area (Å²) in [5.41, 5.74) is 0.313. The molecule has 12 nitrogen and oxygen atoms in total. The number of rotatable bonds is 22. The molecule has 0 aromatic heterocycles. The largest absolute Gasteiger partial charge is 0.508 e. The number of hydrogen-bond donors (Lipinski definition) is 3. The first-order valence-electron chi connectivity index (χ1n) is 24.4. The highest BCUT2D eigenvalue weighted by Gasteiger charge is 2.31. The number of hydrogen-bond acceptors (Lipinski definition) is 11. The maximum absolute atomic E-state index is 13.0. The van der Waals surface area contributed by atoms with Gasteiger partial charge in [0, 0.05) is 43.3 Å². The lowest BCUT2D eigenvalue weighted by molar-refractivity contribution is -0.132. The highest BCUT2D eigenvalue weighted by molar-refractivity contribution is 5.93. The van der Waals surface area contributed by atoms with E-state index >= 15 is 0 Å². The maximum atomic E-state index is 13.0. The molecule has 2 aliphatic heterocycles. The number of phenols is 1. The zero-order valence-electron chi connectivity index (χ0n) is 41.5. The predicted octanol–water partition coefficient (Wildman–Crippen LogP) is 8.31. The first kappa shape index (κ1) is 61.0. The topological polar surface area (TPSA) is 149 Å². The van der Waals surface area contributed by atoms with Gasteiger partial charge in [-0.25, -0.2) is 0 Å². The van der Waals surface area contributed by atoms with Crippen molar-refractivity contribution in [3.8, 4) is 5.75 Å². The summed E-state index contributed by atoms with van der Waals surface area (Å²) in [6.07, 6.45) is 16.3. The van der Waals surface area contributed by atoms with Gasteiger partial charge in [0.25, 0.3) is 0 Å². The summed E-state index contributed by atoms with van der Waals surface area (Å²) in [4.78, 5) is 68.5. The Kier molecular flexibility index (Phi) is 33.5. The SMILES string of the molecule is C.C1CCOC1.CCC(=O)CC1CCCCN(C)CCCC[C@H](CC)C1=O.CNC(CCCCN(C)CCCCN(C)CC(=O)N[C@@H](Cc1ccc(O)cc1)C(=O)C(C)(C)C)C(C)=O. The summed E-state index contributed by atoms with van der Waals surface area (Å²) in [7, 11) is 8.07. The van der Waals surface area contributed by atoms with Crippen molar-refractivity contribution in [3.05, 3.63) is 29.8 Å². The van der Waals surface area contributed by atoms with Gasteiger partial charge in [-0.2, -0.15) is 0 Å². The number of likely N-dealkylation sites (N-methyl/N-ethyl adjacent to an activating group) is 2. The van der Waals surface area contributed by atoms with Crippen LogP contribution < -0.4 is 10.6 Å². The number of carbonyl (C=O) groups excluding carboxylic acids is 5. The number of phenolic OH excluding ortho intramolecular Hbond substituents is 1. The number of amides is 1. The van der Waals surface area contributed by atoms with Crippen LogP contribution in [0.3, 0.4) is 0 Å². The van der Waals surface area contributed by atoms with Crippen molar-refractivity contribution in [2.45, 2.75) is 170 Å². The van der Waals surface area contributed by atoms with E-state index in [-0.39, 0.29) is 60.9 Å². The summed E-state index contributed by atoms with van der Waals surface area (Å²) in [6, 6.07) is 6.09. The van der Waals surface area contributed by atoms with Crippen molar-refractivity contribution >= 4 is 29.0 Å². The first-order chi connectivity index (χ1) is 29.9. The van der Waals surface area contributed by atoms with Crippen LogP contribution in [-0.2, 0) is 35.1 Å². The standard InChI is InChI=1S/C29H50N4O4.C18H33NO2.C4H8O.CH4/c1-22(34)25(30-5)12-8-9-17-32(6)18-10-11-19-33(7)21-27(36)31-26(28(37)29(2,3)4)20-23-13-15-24(35)16-14-23;1-4-15-10-6-8-12-19(3)13-9-7-11-16(18(15)21)14-17(20)5-2;1-2-4-5-3-1;/h13-16,25-26,30,35H,8-12,17-21H2,1-7H3,(H,31,36);15-16H,4-14H2,1-3H3;1-4H2;1H4/t25?,26-;15-,16?;;/m00../s1. The van der Waals surface area contributed by atoms with Crippen molar-refractivity contribution in [2.75, 3.05) is 80.7 Å². The predicted molar refractivity (Wildman–Crippen MR) is 264 cm³/mol. The van der Waals surface area contributed by atoms with Gasteiger partial charge < -0.3 is 30.3 Å². The molecule has 0 radical (unpaired) electrons. The Morgan fingerprint density at radius 3 is 1.86 bits per heavy atom. The fourth-order valence-corrected chi connectivity index (χ4v) is 8.13. The minimum Gasteiger partial charge on any atom is -0.508 e. The Labute approximate surface area is 390 Å². The van der Waals surface area contributed by atoms with E-state index in [9.17, 15) is 29.1 Å². The summed E-state index contributed by atoms with van der Waals surface area (Å²) in [6.45, 7) is 18.5. The van der Waals surface area contributed by atoms with Crippen molar-refractivity contribution in [3.63, 3.8) is 0 Å². The molecule has 4 atom stereocenters. The van der Waals surface area contributed by atoms with E-state index in [4.69, 9.17) is 4.74 Å². The first-order valence-corrected chi connectivity index (χ1v) is 24.4. The van der Waals surface area contributed by atoms with Crippen LogP contribution in [0, 0.1) is 17.3 Å². The van der Waals surface area contributed by atoms with Gasteiger partial charge >= 0.3 is 0 Å². The minimum absolute atomic E-state index is 0. The molecule has 0 aliphatic carbocycles. The Morgan fingerprint density at radius 1 is 0.828 bits per heavy atom. The van der Waals surface area contributed by atoms with Crippen molar-refractivity contribution in [1.82, 2.24) is 25.3 Å². The van der Waals surface area contributed by atoms with Crippen LogP contribution in [0.4, 0.5) is 0 Å². The molecule has 12 heteroatoms. The molecule has 1 aromatic carbocycles. The molecular formula is C52H95N5O7. The molecule has 0 bridgehead atoms. The van der Waals surface area contributed by atoms with Gasteiger partial charge in [-0.3, -0.25) is 28.9 Å². The van der Waals surface area contributed by atoms with E-state index < -0.39 is 11.5 Å². The van der Waals surface area contributed by atoms with Crippen LogP contribution in [0.15, 0.2) is 24.3 Å². The number of nitrogens with one attached hydrogen (secondary N) is 2. The number of carbonyl (C=O) groups is 5. The van der Waals surface area contributed by atoms with Gasteiger partial charge in [0.05, 0.1) is 18.6 Å². The Morgan fingerprint density at radius 2 is 1.38 bits per heavy atom. The van der Waals surface area contributed by atoms with Gasteiger partial charge in [0.15, 0.2) is 5.78 Å². The molecule has 2 saturated heterocycles. The number of unbranched alkanes of at least 4 members (excludes halogenated alkanes) is 2. The monoisotopic (exact) mass is 902 g/mol. The lowest BCUT2D eigenvalue weighted by Gasteiger charge is -2.26. The van der Waals surface area contributed by atoms with E-state index in [0.717, 1.165) is 122 Å². The normalized spacial score (nSPS) is 18.5. The minimum atomic E-state index is -0.613. The number of ether oxygens (including phenoxy) is 1. The molecule has 370 valence electrons. The lowest BCUT2D eigenvalue weighted by atomic mass is 9.82. The average molecular weight is 902 g/mol. The van der Waals surface area contributed by atoms with Gasteiger partial charge in [0.1, 0.15) is 23.1 Å². The molecule has 3 rings (SSSR count). The van der Waals surface area contributed by atoms with Gasteiger partial charge in [-0.15, -0.1) is 0 Å². The fraction of sp³-hybridized carbons (Fsp3) is 0.788. The molecule has 2 unspecified atom stereocenters. The number of Topliss-reactive ketones (excluding diaryl/α,β-unsaturated/α-hetero) is 4. The second-order valence-corrected chi connectivity index (χ2v) is 19.2. The van der Waals surface area contributed by atoms with Crippen LogP contribution in [0.2, 0.25) is 0 Å². The van der Waals surface area contributed by atoms with Crippen molar-refractivity contribution in [2.24, 2.45) is 17.3 Å². The van der Waals surface area contributed by atoms with Crippen LogP contribution in [0.5, 0.6) is 5.75 Å². The molecule has 3 N–H and O–H groups in total. The van der Waals surface area contributed by atoms with E-state index in [1.807, 2.05) is 46.7 Å². The highest BCUT2D eigenvalue weighted by Crippen LogP contribution is 2.26. The van der Waals surface area contributed by atoms with Gasteiger partial charge in [0.2, 0.25) is 5.91 Å². The number of aromatic hydroxyl groups is 1. The second-order valence-electron chi connectivity index (χ2n) is 19.2. The van der Waals surface area contributed by atoms with Gasteiger partial charge in [-0.05, 0) is 163 Å². The van der Waals surface area contributed by atoms with Crippen molar-refractivity contribution < 1.29 is 33.8 Å². The molecule has 1 amide bonds. The van der Waals surface area contributed by atoms with E-state index in [1.165, 1.54) is 19.3 Å². The fourth-order valence-electron chi connectivity index (χ4n) is 8.13. The molecule has 1 aromatic rings. The van der Waals surface area contributed by atoms with E-state index in [0.29, 0.717) is 25.0 Å². The van der Waals surface area contributed by atoms with Crippen LogP contribution in [0.25, 0.3) is 0 Å². The number of ketones is 4. The van der Waals surface area contributed by atoms with Crippen LogP contribution in [-0.4, -0.2) is 142 Å². The maximum Gasteiger partial charge on any atom is 0.234 e. The Bertz CT molecular complexity index is 1420. The Hall–Kier alpha value is -3.03. The summed E-state index contributed by atoms with van der Waals surface area (Å²) in [5.74, 6) is 0.958. The number of nitrogens with zero attached hydrogens (tertiary/aromatic N) is 3. The zero-order valence-corrected chi connectivity index (χ0v) is 41.5. The van der Waals surface area contributed by atoms with Crippen molar-refractivity contribution in [1.29, 1.82) is 0 Å². The van der Waals surface area contributed by atoms with Crippen LogP contribution in [0.1, 0.15) is 157 Å². The molecule has 64 heavy (non-hydrogen) atoms. The summed E-state index contributed by atoms with van der Waals surface area (Å²) < 4.78 is 4.94. The van der Waals surface area contributed by atoms with Crippen LogP contribution >= 0.6 is 0 Å². The second kappa shape index (κ2) is 35.2. The van der Waals surface area contributed by atoms with E-state index in [2.05, 4.69) is 41.5 Å². The third-order valence-electron chi connectivity index (χ3n) is 12.3. The highest BCUT2D eigenvalue weighted by atomic mass is 16.5. The molecular weight excluding hydrogens is 807 g/mol. The zero-order chi connectivity index (χ0) is 47.2. The smallest absolute Gasteiger partial charge is 0.234 e. The third kappa shape index (κ3) is 28.1. The summed E-state index contributed by atoms with van der Waals surface area (Å²) >= 11 is 0. The Balaban J connectivity index is 0.00000122. The molecule has 2 aliphatic rings. The lowest BCUT2D eigenvalue weighted by Crippen LogP contribution is -2.49. The molecule has 0 saturated carbocycles. The number of benzene rings is 1. The average Bonchev–Trinajstić information content (AvgIpc) is 3.84. The molecule has 2 heterocycles. The van der Waals surface area contributed by atoms with Gasteiger partial charge in [-0.1, -0.05) is 73.4 Å². The van der Waals surface area contributed by atoms with E-state index in [1.54, 1.807) is 31.2 Å². The quantitative estimate of drug-likeness (QED) is 0.0966. The summed E-state index contributed by atoms with van der Waals surface area (Å²) in [5, 5.41) is 15.5. The molecule has 0 spiro atoms. The third-order valence-corrected chi connectivity index (χ3v) is 12.3. The molecule has 2 fully saturated rings.